The third kappa shape index (κ3) is 2.74. The van der Waals surface area contributed by atoms with Crippen molar-refractivity contribution in [3.63, 3.8) is 0 Å². The summed E-state index contributed by atoms with van der Waals surface area (Å²) < 4.78 is 5.40. The van der Waals surface area contributed by atoms with Crippen LogP contribution in [0.3, 0.4) is 0 Å². The van der Waals surface area contributed by atoms with Crippen molar-refractivity contribution in [2.45, 2.75) is 64.3 Å². The van der Waals surface area contributed by atoms with Gasteiger partial charge in [-0.15, -0.1) is 0 Å². The highest BCUT2D eigenvalue weighted by Gasteiger charge is 2.29. The molecule has 4 heteroatoms. The molecule has 0 radical (unpaired) electrons. The van der Waals surface area contributed by atoms with E-state index in [0.29, 0.717) is 11.8 Å². The molecule has 1 N–H and O–H groups in total. The summed E-state index contributed by atoms with van der Waals surface area (Å²) in [5, 5.41) is 7.37. The summed E-state index contributed by atoms with van der Waals surface area (Å²) >= 11 is 0. The Morgan fingerprint density at radius 3 is 2.50 bits per heavy atom. The van der Waals surface area contributed by atoms with Crippen molar-refractivity contribution in [1.29, 1.82) is 0 Å². The number of nitrogens with one attached hydrogen (secondary N) is 1. The molecule has 18 heavy (non-hydrogen) atoms. The highest BCUT2D eigenvalue weighted by Crippen LogP contribution is 2.36. The van der Waals surface area contributed by atoms with Gasteiger partial charge in [-0.25, -0.2) is 0 Å². The maximum atomic E-state index is 5.40. The number of hydrogen-bond acceptors (Lipinski definition) is 4. The topological polar surface area (TPSA) is 51.0 Å². The Morgan fingerprint density at radius 1 is 1.28 bits per heavy atom. The van der Waals surface area contributed by atoms with Gasteiger partial charge in [-0.2, -0.15) is 4.98 Å². The van der Waals surface area contributed by atoms with E-state index in [4.69, 9.17) is 4.52 Å². The quantitative estimate of drug-likeness (QED) is 0.892. The molecule has 4 nitrogen and oxygen atoms in total. The van der Waals surface area contributed by atoms with Gasteiger partial charge in [0.05, 0.1) is 5.54 Å². The highest BCUT2D eigenvalue weighted by molar-refractivity contribution is 5.03. The Bertz CT molecular complexity index is 378. The molecule has 0 unspecified atom stereocenters. The monoisotopic (exact) mass is 251 g/mol. The first kappa shape index (κ1) is 13.5. The predicted octanol–water partition coefficient (Wildman–Crippen LogP) is 3.21. The van der Waals surface area contributed by atoms with E-state index < -0.39 is 0 Å². The van der Waals surface area contributed by atoms with Crippen LogP contribution in [0.2, 0.25) is 0 Å². The van der Waals surface area contributed by atoms with Crippen LogP contribution in [0, 0.1) is 5.92 Å². The van der Waals surface area contributed by atoms with Gasteiger partial charge in [0, 0.05) is 5.92 Å². The van der Waals surface area contributed by atoms with Crippen molar-refractivity contribution in [2.24, 2.45) is 5.92 Å². The Labute approximate surface area is 110 Å². The van der Waals surface area contributed by atoms with Crippen molar-refractivity contribution < 1.29 is 4.52 Å². The summed E-state index contributed by atoms with van der Waals surface area (Å²) in [6.45, 7) is 6.39. The number of nitrogens with zero attached hydrogens (tertiary/aromatic N) is 2. The van der Waals surface area contributed by atoms with Crippen LogP contribution in [-0.2, 0) is 5.54 Å². The summed E-state index contributed by atoms with van der Waals surface area (Å²) in [5.41, 5.74) is -0.244. The van der Waals surface area contributed by atoms with Gasteiger partial charge in [0.1, 0.15) is 0 Å². The fraction of sp³-hybridized carbons (Fsp3) is 0.857. The Balaban J connectivity index is 2.03. The first-order valence-electron chi connectivity index (χ1n) is 7.09. The van der Waals surface area contributed by atoms with E-state index in [0.717, 1.165) is 11.7 Å². The Hall–Kier alpha value is -0.900. The predicted molar refractivity (Wildman–Crippen MR) is 71.4 cm³/mol. The van der Waals surface area contributed by atoms with Gasteiger partial charge >= 0.3 is 0 Å². The summed E-state index contributed by atoms with van der Waals surface area (Å²) in [5.74, 6) is 3.00. The van der Waals surface area contributed by atoms with Gasteiger partial charge in [-0.05, 0) is 52.5 Å². The summed E-state index contributed by atoms with van der Waals surface area (Å²) in [6, 6.07) is 0. The van der Waals surface area contributed by atoms with Gasteiger partial charge in [0.25, 0.3) is 0 Å². The van der Waals surface area contributed by atoms with Crippen LogP contribution in [0.5, 0.6) is 0 Å². The molecule has 0 saturated heterocycles. The average Bonchev–Trinajstić information content (AvgIpc) is 2.89. The zero-order valence-electron chi connectivity index (χ0n) is 12.0. The van der Waals surface area contributed by atoms with Crippen LogP contribution in [0.25, 0.3) is 0 Å². The highest BCUT2D eigenvalue weighted by atomic mass is 16.5. The molecule has 1 aliphatic rings. The normalized spacial score (nSPS) is 25.3. The number of aromatic nitrogens is 2. The van der Waals surface area contributed by atoms with Crippen molar-refractivity contribution >= 4 is 0 Å². The molecule has 0 aromatic carbocycles. The van der Waals surface area contributed by atoms with Crippen LogP contribution in [-0.4, -0.2) is 17.2 Å². The summed E-state index contributed by atoms with van der Waals surface area (Å²) in [7, 11) is 1.91. The fourth-order valence-electron chi connectivity index (χ4n) is 2.59. The lowest BCUT2D eigenvalue weighted by Gasteiger charge is -2.25. The lowest BCUT2D eigenvalue weighted by molar-refractivity contribution is 0.274. The third-order valence-electron chi connectivity index (χ3n) is 4.39. The molecular weight excluding hydrogens is 226 g/mol. The van der Waals surface area contributed by atoms with Crippen molar-refractivity contribution in [1.82, 2.24) is 15.5 Å². The van der Waals surface area contributed by atoms with Gasteiger partial charge in [0.15, 0.2) is 5.82 Å². The van der Waals surface area contributed by atoms with Crippen LogP contribution < -0.4 is 5.32 Å². The second kappa shape index (κ2) is 5.39. The summed E-state index contributed by atoms with van der Waals surface area (Å²) in [6.07, 6.45) is 6.33. The fourth-order valence-corrected chi connectivity index (χ4v) is 2.59. The van der Waals surface area contributed by atoms with Crippen LogP contribution in [0.15, 0.2) is 4.52 Å². The van der Waals surface area contributed by atoms with Crippen molar-refractivity contribution in [3.05, 3.63) is 11.7 Å². The summed E-state index contributed by atoms with van der Waals surface area (Å²) in [4.78, 5) is 4.59. The molecule has 0 amide bonds. The largest absolute Gasteiger partial charge is 0.337 e. The maximum absolute atomic E-state index is 5.40. The average molecular weight is 251 g/mol. The van der Waals surface area contributed by atoms with Crippen LogP contribution in [0.4, 0.5) is 0 Å². The zero-order valence-corrected chi connectivity index (χ0v) is 12.0. The maximum Gasteiger partial charge on any atom is 0.246 e. The van der Waals surface area contributed by atoms with Gasteiger partial charge in [-0.3, -0.25) is 0 Å². The van der Waals surface area contributed by atoms with Crippen molar-refractivity contribution in [3.8, 4) is 0 Å². The first-order valence-corrected chi connectivity index (χ1v) is 7.09. The lowest BCUT2D eigenvalue weighted by atomic mass is 9.80. The molecule has 1 aromatic heterocycles. The minimum Gasteiger partial charge on any atom is -0.337 e. The second-order valence-electron chi connectivity index (χ2n) is 5.96. The van der Waals surface area contributed by atoms with Gasteiger partial charge < -0.3 is 9.84 Å². The molecule has 0 atom stereocenters. The van der Waals surface area contributed by atoms with E-state index in [-0.39, 0.29) is 5.54 Å². The van der Waals surface area contributed by atoms with E-state index >= 15 is 0 Å². The molecule has 1 fully saturated rings. The number of rotatable bonds is 4. The molecule has 1 saturated carbocycles. The Morgan fingerprint density at radius 2 is 1.94 bits per heavy atom. The van der Waals surface area contributed by atoms with E-state index in [1.54, 1.807) is 0 Å². The van der Waals surface area contributed by atoms with Gasteiger partial charge in [0.2, 0.25) is 5.89 Å². The van der Waals surface area contributed by atoms with E-state index in [9.17, 15) is 0 Å². The molecule has 0 spiro atoms. The molecule has 1 heterocycles. The molecule has 102 valence electrons. The minimum absolute atomic E-state index is 0.244. The van der Waals surface area contributed by atoms with E-state index in [1.165, 1.54) is 32.1 Å². The zero-order chi connectivity index (χ0) is 13.2. The van der Waals surface area contributed by atoms with Crippen molar-refractivity contribution in [2.75, 3.05) is 7.05 Å². The van der Waals surface area contributed by atoms with Crippen LogP contribution >= 0.6 is 0 Å². The Kier molecular flexibility index (Phi) is 4.05. The molecular formula is C14H25N3O. The van der Waals surface area contributed by atoms with Gasteiger partial charge in [-0.1, -0.05) is 18.5 Å². The van der Waals surface area contributed by atoms with E-state index in [1.807, 2.05) is 7.05 Å². The smallest absolute Gasteiger partial charge is 0.246 e. The second-order valence-corrected chi connectivity index (χ2v) is 5.96. The lowest BCUT2D eigenvalue weighted by Crippen LogP contribution is -2.33. The third-order valence-corrected chi connectivity index (χ3v) is 4.39. The molecule has 2 rings (SSSR count). The molecule has 0 aliphatic heterocycles. The molecule has 1 aliphatic carbocycles. The molecule has 0 bridgehead atoms. The standard InChI is InChI=1S/C14H25N3O/c1-5-10-6-8-11(9-7-10)12-16-13(18-17-12)14(2,3)15-4/h10-11,15H,5-9H2,1-4H3. The van der Waals surface area contributed by atoms with Crippen LogP contribution in [0.1, 0.15) is 70.5 Å². The first-order chi connectivity index (χ1) is 8.56. The molecule has 1 aromatic rings. The number of hydrogen-bond donors (Lipinski definition) is 1. The minimum atomic E-state index is -0.244. The SMILES string of the molecule is CCC1CCC(c2noc(C(C)(C)NC)n2)CC1. The van der Waals surface area contributed by atoms with E-state index in [2.05, 4.69) is 36.2 Å².